The van der Waals surface area contributed by atoms with Gasteiger partial charge in [-0.2, -0.15) is 14.9 Å². The molecule has 0 fully saturated rings. The molecular weight excluding hydrogens is 286 g/mol. The maximum absolute atomic E-state index is 5.18. The van der Waals surface area contributed by atoms with Crippen LogP contribution in [-0.4, -0.2) is 26.1 Å². The van der Waals surface area contributed by atoms with Crippen molar-refractivity contribution in [2.24, 2.45) is 5.10 Å². The summed E-state index contributed by atoms with van der Waals surface area (Å²) in [5.41, 5.74) is 0.692. The Hall–Kier alpha value is -2.80. The Bertz CT molecular complexity index is 815. The molecule has 3 rings (SSSR count). The Balaban J connectivity index is 1.86. The van der Waals surface area contributed by atoms with Gasteiger partial charge in [0.2, 0.25) is 10.6 Å². The Morgan fingerprint density at radius 2 is 2.24 bits per heavy atom. The van der Waals surface area contributed by atoms with Gasteiger partial charge in [0.15, 0.2) is 0 Å². The summed E-state index contributed by atoms with van der Waals surface area (Å²) in [6, 6.07) is 9.24. The van der Waals surface area contributed by atoms with Crippen LogP contribution in [0.1, 0.15) is 5.76 Å². The SMILES string of the molecule is S=c1[nH]nc(-c2ccccn2)n1/N=C\C=C\c1ccco1. The Morgan fingerprint density at radius 3 is 3.00 bits per heavy atom. The zero-order valence-electron chi connectivity index (χ0n) is 10.9. The molecule has 0 saturated carbocycles. The first-order chi connectivity index (χ1) is 10.3. The lowest BCUT2D eigenvalue weighted by Crippen LogP contribution is -1.95. The molecule has 104 valence electrons. The van der Waals surface area contributed by atoms with Crippen molar-refractivity contribution in [3.05, 3.63) is 59.4 Å². The molecule has 0 radical (unpaired) electrons. The van der Waals surface area contributed by atoms with Crippen LogP contribution in [0.15, 0.2) is 58.4 Å². The minimum Gasteiger partial charge on any atom is -0.465 e. The van der Waals surface area contributed by atoms with Gasteiger partial charge in [0.05, 0.1) is 6.26 Å². The second kappa shape index (κ2) is 6.10. The van der Waals surface area contributed by atoms with Gasteiger partial charge in [-0.1, -0.05) is 6.07 Å². The number of rotatable bonds is 4. The van der Waals surface area contributed by atoms with Gasteiger partial charge >= 0.3 is 0 Å². The number of H-pyrrole nitrogens is 1. The monoisotopic (exact) mass is 297 g/mol. The number of aromatic amines is 1. The van der Waals surface area contributed by atoms with Crippen LogP contribution in [0.5, 0.6) is 0 Å². The van der Waals surface area contributed by atoms with Gasteiger partial charge in [0.1, 0.15) is 11.5 Å². The van der Waals surface area contributed by atoms with E-state index in [0.717, 1.165) is 5.76 Å². The second-order valence-corrected chi connectivity index (χ2v) is 4.40. The van der Waals surface area contributed by atoms with Crippen molar-refractivity contribution in [2.45, 2.75) is 0 Å². The van der Waals surface area contributed by atoms with Crippen molar-refractivity contribution in [3.8, 4) is 11.5 Å². The van der Waals surface area contributed by atoms with E-state index in [1.807, 2.05) is 30.3 Å². The molecule has 1 N–H and O–H groups in total. The molecule has 0 bridgehead atoms. The van der Waals surface area contributed by atoms with Crippen molar-refractivity contribution >= 4 is 24.5 Å². The lowest BCUT2D eigenvalue weighted by Gasteiger charge is -1.98. The maximum Gasteiger partial charge on any atom is 0.216 e. The Morgan fingerprint density at radius 1 is 1.29 bits per heavy atom. The van der Waals surface area contributed by atoms with Crippen LogP contribution < -0.4 is 0 Å². The first-order valence-corrected chi connectivity index (χ1v) is 6.59. The van der Waals surface area contributed by atoms with Gasteiger partial charge in [-0.25, -0.2) is 5.10 Å². The van der Waals surface area contributed by atoms with E-state index in [0.29, 0.717) is 16.3 Å². The fourth-order valence-electron chi connectivity index (χ4n) is 1.69. The third-order valence-electron chi connectivity index (χ3n) is 2.62. The van der Waals surface area contributed by atoms with E-state index in [9.17, 15) is 0 Å². The molecule has 0 saturated heterocycles. The van der Waals surface area contributed by atoms with E-state index in [-0.39, 0.29) is 0 Å². The van der Waals surface area contributed by atoms with Gasteiger partial charge < -0.3 is 4.42 Å². The van der Waals surface area contributed by atoms with E-state index < -0.39 is 0 Å². The molecule has 7 heteroatoms. The molecule has 0 aromatic carbocycles. The molecule has 21 heavy (non-hydrogen) atoms. The molecule has 3 heterocycles. The molecule has 0 atom stereocenters. The number of furan rings is 1. The van der Waals surface area contributed by atoms with Crippen LogP contribution in [0, 0.1) is 4.77 Å². The minimum absolute atomic E-state index is 0.401. The standard InChI is InChI=1S/C14H11N5OS/c21-14-18-17-13(12-7-1-2-8-15-12)19(14)16-9-3-5-11-6-4-10-20-11/h1-10H,(H,18,21)/b5-3+,16-9-. The molecule has 0 unspecified atom stereocenters. The fraction of sp³-hybridized carbons (Fsp3) is 0. The van der Waals surface area contributed by atoms with Gasteiger partial charge in [0.25, 0.3) is 0 Å². The van der Waals surface area contributed by atoms with Crippen LogP contribution in [0.2, 0.25) is 0 Å². The summed E-state index contributed by atoms with van der Waals surface area (Å²) in [6.07, 6.45) is 8.48. The zero-order chi connectivity index (χ0) is 14.5. The molecule has 0 aliphatic carbocycles. The smallest absolute Gasteiger partial charge is 0.216 e. The van der Waals surface area contributed by atoms with Crippen molar-refractivity contribution < 1.29 is 4.42 Å². The lowest BCUT2D eigenvalue weighted by atomic mass is 10.3. The average molecular weight is 297 g/mol. The molecule has 0 aliphatic heterocycles. The highest BCUT2D eigenvalue weighted by molar-refractivity contribution is 7.71. The number of nitrogens with one attached hydrogen (secondary N) is 1. The number of hydrogen-bond donors (Lipinski definition) is 1. The van der Waals surface area contributed by atoms with Crippen LogP contribution >= 0.6 is 12.2 Å². The summed E-state index contributed by atoms with van der Waals surface area (Å²) in [7, 11) is 0. The number of allylic oxidation sites excluding steroid dienone is 1. The number of aromatic nitrogens is 4. The van der Waals surface area contributed by atoms with Crippen LogP contribution in [0.3, 0.4) is 0 Å². The third-order valence-corrected chi connectivity index (χ3v) is 2.88. The maximum atomic E-state index is 5.18. The second-order valence-electron chi connectivity index (χ2n) is 4.02. The van der Waals surface area contributed by atoms with Gasteiger partial charge in [-0.15, -0.1) is 0 Å². The molecule has 6 nitrogen and oxygen atoms in total. The highest BCUT2D eigenvalue weighted by Gasteiger charge is 2.07. The summed E-state index contributed by atoms with van der Waals surface area (Å²) in [6.45, 7) is 0. The average Bonchev–Trinajstić information content (AvgIpc) is 3.15. The van der Waals surface area contributed by atoms with Crippen LogP contribution in [0.25, 0.3) is 17.6 Å². The first-order valence-electron chi connectivity index (χ1n) is 6.18. The van der Waals surface area contributed by atoms with Crippen LogP contribution in [0.4, 0.5) is 0 Å². The summed E-state index contributed by atoms with van der Waals surface area (Å²) < 4.78 is 7.10. The van der Waals surface area contributed by atoms with Crippen molar-refractivity contribution in [3.63, 3.8) is 0 Å². The summed E-state index contributed by atoms with van der Waals surface area (Å²) in [5.74, 6) is 1.31. The highest BCUT2D eigenvalue weighted by atomic mass is 32.1. The largest absolute Gasteiger partial charge is 0.465 e. The van der Waals surface area contributed by atoms with E-state index in [1.165, 1.54) is 4.68 Å². The quantitative estimate of drug-likeness (QED) is 0.593. The van der Waals surface area contributed by atoms with E-state index in [1.54, 1.807) is 30.8 Å². The molecule has 0 spiro atoms. The summed E-state index contributed by atoms with van der Waals surface area (Å²) >= 11 is 5.16. The molecule has 3 aromatic heterocycles. The topological polar surface area (TPSA) is 72.0 Å². The van der Waals surface area contributed by atoms with Crippen LogP contribution in [-0.2, 0) is 0 Å². The van der Waals surface area contributed by atoms with Crippen molar-refractivity contribution in [2.75, 3.05) is 0 Å². The Kier molecular flexibility index (Phi) is 3.83. The first kappa shape index (κ1) is 13.2. The zero-order valence-corrected chi connectivity index (χ0v) is 11.7. The number of hydrogen-bond acceptors (Lipinski definition) is 5. The van der Waals surface area contributed by atoms with Gasteiger partial charge in [-0.3, -0.25) is 4.98 Å². The molecule has 0 amide bonds. The third kappa shape index (κ3) is 3.03. The number of pyridine rings is 1. The summed E-state index contributed by atoms with van der Waals surface area (Å²) in [5, 5.41) is 11.1. The minimum atomic E-state index is 0.401. The Labute approximate surface area is 125 Å². The van der Waals surface area contributed by atoms with E-state index >= 15 is 0 Å². The van der Waals surface area contributed by atoms with Gasteiger partial charge in [-0.05, 0) is 48.6 Å². The predicted molar refractivity (Wildman–Crippen MR) is 82.3 cm³/mol. The molecule has 3 aromatic rings. The van der Waals surface area contributed by atoms with Crippen molar-refractivity contribution in [1.29, 1.82) is 0 Å². The predicted octanol–water partition coefficient (Wildman–Crippen LogP) is 3.14. The van der Waals surface area contributed by atoms with Crippen molar-refractivity contribution in [1.82, 2.24) is 19.9 Å². The van der Waals surface area contributed by atoms with Gasteiger partial charge in [0, 0.05) is 12.4 Å². The summed E-state index contributed by atoms with van der Waals surface area (Å²) in [4.78, 5) is 4.24. The molecule has 0 aliphatic rings. The molecular formula is C14H11N5OS. The normalized spacial score (nSPS) is 11.6. The fourth-order valence-corrected chi connectivity index (χ4v) is 1.87. The number of nitrogens with zero attached hydrogens (tertiary/aromatic N) is 4. The van der Waals surface area contributed by atoms with E-state index in [4.69, 9.17) is 16.6 Å². The van der Waals surface area contributed by atoms with E-state index in [2.05, 4.69) is 20.3 Å². The highest BCUT2D eigenvalue weighted by Crippen LogP contribution is 2.13. The lowest BCUT2D eigenvalue weighted by molar-refractivity contribution is 0.557.